The van der Waals surface area contributed by atoms with Crippen molar-refractivity contribution in [2.24, 2.45) is 0 Å². The minimum Gasteiger partial charge on any atom is -0.395 e. The monoisotopic (exact) mass is 422 g/mol. The number of hydrogen-bond donors (Lipinski definition) is 0. The van der Waals surface area contributed by atoms with Crippen molar-refractivity contribution in [2.75, 3.05) is 32.7 Å². The lowest BCUT2D eigenvalue weighted by molar-refractivity contribution is -0.286. The molecule has 0 aromatic heterocycles. The zero-order chi connectivity index (χ0) is 21.3. The lowest BCUT2D eigenvalue weighted by Crippen LogP contribution is -2.48. The summed E-state index contributed by atoms with van der Waals surface area (Å²) >= 11 is 0. The van der Waals surface area contributed by atoms with Gasteiger partial charge in [0.1, 0.15) is 0 Å². The van der Waals surface area contributed by atoms with Gasteiger partial charge in [0.15, 0.2) is 23.1 Å². The van der Waals surface area contributed by atoms with Crippen molar-refractivity contribution in [1.82, 2.24) is 9.80 Å². The van der Waals surface area contributed by atoms with Crippen molar-refractivity contribution < 1.29 is 31.8 Å². The summed E-state index contributed by atoms with van der Waals surface area (Å²) in [5.41, 5.74) is 0.817. The fraction of sp³-hybridized carbons (Fsp3) is 0.286. The van der Waals surface area contributed by atoms with Gasteiger partial charge in [0.05, 0.1) is 0 Å². The molecule has 2 aromatic carbocycles. The summed E-state index contributed by atoms with van der Waals surface area (Å²) in [4.78, 5) is 16.4. The Bertz CT molecular complexity index is 988. The Morgan fingerprint density at radius 3 is 2.43 bits per heavy atom. The Morgan fingerprint density at radius 2 is 1.70 bits per heavy atom. The molecule has 2 aliphatic heterocycles. The maximum Gasteiger partial charge on any atom is 0.586 e. The van der Waals surface area contributed by atoms with Gasteiger partial charge in [-0.15, -0.1) is 8.78 Å². The first kappa shape index (κ1) is 20.2. The van der Waals surface area contributed by atoms with Crippen LogP contribution in [0.3, 0.4) is 0 Å². The normalized spacial score (nSPS) is 18.2. The van der Waals surface area contributed by atoms with E-state index in [-0.39, 0.29) is 23.0 Å². The van der Waals surface area contributed by atoms with Crippen LogP contribution in [0, 0.1) is 11.6 Å². The second kappa shape index (κ2) is 7.98. The molecule has 0 aliphatic carbocycles. The zero-order valence-corrected chi connectivity index (χ0v) is 15.8. The highest BCUT2D eigenvalue weighted by atomic mass is 19.3. The molecule has 0 radical (unpaired) electrons. The molecule has 0 N–H and O–H groups in total. The van der Waals surface area contributed by atoms with E-state index in [4.69, 9.17) is 0 Å². The number of fused-ring (bicyclic) bond motifs is 1. The first-order valence-corrected chi connectivity index (χ1v) is 9.34. The highest BCUT2D eigenvalue weighted by Crippen LogP contribution is 2.41. The van der Waals surface area contributed by atoms with E-state index in [0.717, 1.165) is 12.1 Å². The molecule has 1 amide bonds. The Labute approximate surface area is 170 Å². The average molecular weight is 422 g/mol. The lowest BCUT2D eigenvalue weighted by atomic mass is 10.1. The van der Waals surface area contributed by atoms with Gasteiger partial charge in [-0.05, 0) is 35.9 Å². The van der Waals surface area contributed by atoms with E-state index < -0.39 is 17.9 Å². The molecule has 158 valence electrons. The van der Waals surface area contributed by atoms with Crippen molar-refractivity contribution in [2.45, 2.75) is 6.29 Å². The Hall–Kier alpha value is -3.07. The number of carbonyl (C=O) groups is 1. The van der Waals surface area contributed by atoms with Crippen molar-refractivity contribution in [3.05, 3.63) is 65.2 Å². The molecule has 0 bridgehead atoms. The lowest BCUT2D eigenvalue weighted by Gasteiger charge is -2.34. The van der Waals surface area contributed by atoms with Crippen LogP contribution >= 0.6 is 0 Å². The first-order chi connectivity index (χ1) is 14.3. The molecule has 30 heavy (non-hydrogen) atoms. The maximum atomic E-state index is 13.2. The second-order valence-electron chi connectivity index (χ2n) is 7.00. The number of alkyl halides is 2. The van der Waals surface area contributed by atoms with Crippen LogP contribution in [0.4, 0.5) is 17.6 Å². The summed E-state index contributed by atoms with van der Waals surface area (Å²) in [5.74, 6) is -2.31. The number of piperazine rings is 1. The van der Waals surface area contributed by atoms with Gasteiger partial charge in [-0.3, -0.25) is 9.69 Å². The van der Waals surface area contributed by atoms with E-state index in [1.165, 1.54) is 24.3 Å². The van der Waals surface area contributed by atoms with Gasteiger partial charge in [-0.25, -0.2) is 8.78 Å². The topological polar surface area (TPSA) is 42.0 Å². The highest BCUT2D eigenvalue weighted by Gasteiger charge is 2.43. The van der Waals surface area contributed by atoms with Crippen LogP contribution < -0.4 is 9.47 Å². The van der Waals surface area contributed by atoms with Crippen LogP contribution in [0.25, 0.3) is 6.08 Å². The van der Waals surface area contributed by atoms with E-state index in [1.54, 1.807) is 11.0 Å². The average Bonchev–Trinajstić information content (AvgIpc) is 3.03. The van der Waals surface area contributed by atoms with E-state index in [9.17, 15) is 22.4 Å². The predicted molar refractivity (Wildman–Crippen MR) is 100 cm³/mol. The number of hydrogen-bond acceptors (Lipinski definition) is 4. The minimum absolute atomic E-state index is 0.103. The van der Waals surface area contributed by atoms with Crippen LogP contribution in [-0.2, 0) is 0 Å². The van der Waals surface area contributed by atoms with Crippen LogP contribution in [0.2, 0.25) is 0 Å². The molecular weight excluding hydrogens is 404 g/mol. The summed E-state index contributed by atoms with van der Waals surface area (Å²) in [6, 6.07) is 7.69. The molecule has 0 atom stereocenters. The van der Waals surface area contributed by atoms with Crippen molar-refractivity contribution in [3.8, 4) is 11.5 Å². The van der Waals surface area contributed by atoms with Crippen LogP contribution in [-0.4, -0.2) is 54.7 Å². The first-order valence-electron chi connectivity index (χ1n) is 9.34. The number of nitrogens with zero attached hydrogens (tertiary/aromatic N) is 2. The fourth-order valence-corrected chi connectivity index (χ4v) is 3.35. The molecule has 0 spiro atoms. The standard InChI is InChI=1S/C21H18F4N2O3/c22-16-5-3-14(12-17(16)23)2-1-7-26-8-10-27(11-9-26)20(28)15-4-6-18-19(13-15)30-21(24,25)29-18/h1-6,12-13H,7-11H2/b2-1+. The van der Waals surface area contributed by atoms with Gasteiger partial charge in [0.25, 0.3) is 5.91 Å². The molecule has 1 fully saturated rings. The third kappa shape index (κ3) is 4.40. The summed E-state index contributed by atoms with van der Waals surface area (Å²) in [5, 5.41) is 0. The van der Waals surface area contributed by atoms with Crippen molar-refractivity contribution >= 4 is 12.0 Å². The molecule has 0 saturated carbocycles. The van der Waals surface area contributed by atoms with E-state index in [0.29, 0.717) is 38.3 Å². The quantitative estimate of drug-likeness (QED) is 0.704. The summed E-state index contributed by atoms with van der Waals surface area (Å²) in [7, 11) is 0. The second-order valence-corrected chi connectivity index (χ2v) is 7.00. The molecule has 2 heterocycles. The fourth-order valence-electron chi connectivity index (χ4n) is 3.35. The number of benzene rings is 2. The molecular formula is C21H18F4N2O3. The van der Waals surface area contributed by atoms with Gasteiger partial charge < -0.3 is 14.4 Å². The summed E-state index contributed by atoms with van der Waals surface area (Å²) in [6.45, 7) is 2.79. The summed E-state index contributed by atoms with van der Waals surface area (Å²) in [6.07, 6.45) is -0.159. The van der Waals surface area contributed by atoms with E-state index in [2.05, 4.69) is 14.4 Å². The van der Waals surface area contributed by atoms with Crippen LogP contribution in [0.5, 0.6) is 11.5 Å². The van der Waals surface area contributed by atoms with Gasteiger partial charge >= 0.3 is 6.29 Å². The number of rotatable bonds is 4. The number of amides is 1. The maximum absolute atomic E-state index is 13.2. The molecule has 5 nitrogen and oxygen atoms in total. The highest BCUT2D eigenvalue weighted by molar-refractivity contribution is 5.95. The smallest absolute Gasteiger partial charge is 0.395 e. The van der Waals surface area contributed by atoms with Crippen molar-refractivity contribution in [3.63, 3.8) is 0 Å². The van der Waals surface area contributed by atoms with E-state index >= 15 is 0 Å². The Kier molecular flexibility index (Phi) is 5.38. The molecule has 2 aromatic rings. The Morgan fingerprint density at radius 1 is 0.967 bits per heavy atom. The molecule has 0 unspecified atom stereocenters. The summed E-state index contributed by atoms with van der Waals surface area (Å²) < 4.78 is 61.2. The number of ether oxygens (including phenoxy) is 2. The van der Waals surface area contributed by atoms with Gasteiger partial charge in [0.2, 0.25) is 0 Å². The van der Waals surface area contributed by atoms with Crippen molar-refractivity contribution in [1.29, 1.82) is 0 Å². The largest absolute Gasteiger partial charge is 0.586 e. The number of halogens is 4. The predicted octanol–water partition coefficient (Wildman–Crippen LogP) is 3.76. The van der Waals surface area contributed by atoms with Gasteiger partial charge in [-0.2, -0.15) is 0 Å². The third-order valence-electron chi connectivity index (χ3n) is 4.93. The zero-order valence-electron chi connectivity index (χ0n) is 15.8. The molecule has 9 heteroatoms. The Balaban J connectivity index is 1.30. The van der Waals surface area contributed by atoms with Crippen LogP contribution in [0.15, 0.2) is 42.5 Å². The number of carbonyl (C=O) groups excluding carboxylic acids is 1. The van der Waals surface area contributed by atoms with Crippen LogP contribution in [0.1, 0.15) is 15.9 Å². The molecule has 2 aliphatic rings. The molecule has 1 saturated heterocycles. The van der Waals surface area contributed by atoms with E-state index in [1.807, 2.05) is 6.08 Å². The van der Waals surface area contributed by atoms with Gasteiger partial charge in [0, 0.05) is 38.3 Å². The molecule has 4 rings (SSSR count). The minimum atomic E-state index is -3.72. The van der Waals surface area contributed by atoms with Gasteiger partial charge in [-0.1, -0.05) is 18.2 Å². The third-order valence-corrected chi connectivity index (χ3v) is 4.93. The SMILES string of the molecule is O=C(c1ccc2c(c1)OC(F)(F)O2)N1CCN(C/C=C/c2ccc(F)c(F)c2)CC1.